The highest BCUT2D eigenvalue weighted by Gasteiger charge is 2.10. The van der Waals surface area contributed by atoms with E-state index in [2.05, 4.69) is 21.2 Å². The molecule has 144 valence electrons. The minimum atomic E-state index is -0.552. The Morgan fingerprint density at radius 3 is 2.50 bits per heavy atom. The van der Waals surface area contributed by atoms with Crippen molar-refractivity contribution in [1.29, 1.82) is 0 Å². The molecule has 0 aliphatic rings. The van der Waals surface area contributed by atoms with Crippen molar-refractivity contribution in [2.24, 2.45) is 0 Å². The molecule has 0 saturated heterocycles. The van der Waals surface area contributed by atoms with Gasteiger partial charge in [-0.05, 0) is 29.8 Å². The number of pyridine rings is 1. The summed E-state index contributed by atoms with van der Waals surface area (Å²) in [5.41, 5.74) is 6.36. The van der Waals surface area contributed by atoms with Crippen LogP contribution in [0.5, 0.6) is 11.5 Å². The molecule has 0 spiro atoms. The number of nitrogens with one attached hydrogen (secondary N) is 3. The van der Waals surface area contributed by atoms with Crippen LogP contribution in [0.3, 0.4) is 0 Å². The summed E-state index contributed by atoms with van der Waals surface area (Å²) in [6.45, 7) is 0.246. The fourth-order valence-electron chi connectivity index (χ4n) is 2.59. The van der Waals surface area contributed by atoms with Crippen LogP contribution in [-0.4, -0.2) is 31.1 Å². The van der Waals surface area contributed by atoms with Crippen LogP contribution in [0.1, 0.15) is 16.1 Å². The lowest BCUT2D eigenvalue weighted by molar-refractivity contribution is 0.0931. The molecule has 3 N–H and O–H groups in total. The molecule has 1 heterocycles. The standard InChI is InChI=1S/C20H20N4O4/c1-27-17-10-7-13(11-18(17)28-2)12-21-20(26)24-23-19(25)16-9-8-14-5-3-4-6-15(14)22-16/h3-11H,12H2,1-2H3,(H,23,25)(H2,21,24,26). The van der Waals surface area contributed by atoms with E-state index < -0.39 is 11.9 Å². The maximum absolute atomic E-state index is 12.2. The minimum Gasteiger partial charge on any atom is -0.493 e. The van der Waals surface area contributed by atoms with Crippen LogP contribution in [-0.2, 0) is 6.54 Å². The first-order valence-electron chi connectivity index (χ1n) is 8.51. The molecule has 0 unspecified atom stereocenters. The summed E-state index contributed by atoms with van der Waals surface area (Å²) >= 11 is 0. The van der Waals surface area contributed by atoms with Crippen molar-refractivity contribution in [2.45, 2.75) is 6.54 Å². The van der Waals surface area contributed by atoms with Crippen molar-refractivity contribution in [3.05, 3.63) is 65.9 Å². The summed E-state index contributed by atoms with van der Waals surface area (Å²) in [5.74, 6) is 0.663. The molecule has 28 heavy (non-hydrogen) atoms. The number of fused-ring (bicyclic) bond motifs is 1. The third-order valence-electron chi connectivity index (χ3n) is 4.02. The lowest BCUT2D eigenvalue weighted by Gasteiger charge is -2.11. The first-order chi connectivity index (χ1) is 13.6. The highest BCUT2D eigenvalue weighted by Crippen LogP contribution is 2.27. The quantitative estimate of drug-likeness (QED) is 0.590. The molecule has 0 saturated carbocycles. The van der Waals surface area contributed by atoms with Gasteiger partial charge in [-0.15, -0.1) is 0 Å². The Labute approximate surface area is 161 Å². The number of carbonyl (C=O) groups is 2. The number of hydrogen-bond acceptors (Lipinski definition) is 5. The second-order valence-corrected chi connectivity index (χ2v) is 5.84. The van der Waals surface area contributed by atoms with Gasteiger partial charge in [-0.3, -0.25) is 10.2 Å². The van der Waals surface area contributed by atoms with Crippen LogP contribution in [0.2, 0.25) is 0 Å². The number of carbonyl (C=O) groups excluding carboxylic acids is 2. The molecular formula is C20H20N4O4. The molecule has 3 amide bonds. The van der Waals surface area contributed by atoms with Crippen molar-refractivity contribution in [2.75, 3.05) is 14.2 Å². The Balaban J connectivity index is 1.52. The number of hydrogen-bond donors (Lipinski definition) is 3. The highest BCUT2D eigenvalue weighted by atomic mass is 16.5. The number of aromatic nitrogens is 1. The summed E-state index contributed by atoms with van der Waals surface area (Å²) in [5, 5.41) is 3.57. The Morgan fingerprint density at radius 2 is 1.71 bits per heavy atom. The fourth-order valence-corrected chi connectivity index (χ4v) is 2.59. The maximum atomic E-state index is 12.2. The van der Waals surface area contributed by atoms with Crippen molar-refractivity contribution in [3.8, 4) is 11.5 Å². The summed E-state index contributed by atoms with van der Waals surface area (Å²) < 4.78 is 10.4. The molecule has 0 fully saturated rings. The second-order valence-electron chi connectivity index (χ2n) is 5.84. The molecule has 0 bridgehead atoms. The molecule has 2 aromatic carbocycles. The van der Waals surface area contributed by atoms with Gasteiger partial charge in [0.25, 0.3) is 5.91 Å². The van der Waals surface area contributed by atoms with E-state index in [9.17, 15) is 9.59 Å². The van der Waals surface area contributed by atoms with E-state index in [0.717, 1.165) is 10.9 Å². The molecule has 0 aliphatic heterocycles. The first-order valence-corrected chi connectivity index (χ1v) is 8.51. The monoisotopic (exact) mass is 380 g/mol. The third kappa shape index (κ3) is 4.47. The number of nitrogens with zero attached hydrogens (tertiary/aromatic N) is 1. The van der Waals surface area contributed by atoms with Gasteiger partial charge in [0, 0.05) is 11.9 Å². The van der Waals surface area contributed by atoms with E-state index in [1.54, 1.807) is 37.4 Å². The molecule has 3 rings (SSSR count). The Kier molecular flexibility index (Phi) is 5.91. The number of para-hydroxylation sites is 1. The van der Waals surface area contributed by atoms with E-state index in [-0.39, 0.29) is 12.2 Å². The predicted octanol–water partition coefficient (Wildman–Crippen LogP) is 2.40. The van der Waals surface area contributed by atoms with E-state index in [4.69, 9.17) is 9.47 Å². The number of hydrazine groups is 1. The fraction of sp³-hybridized carbons (Fsp3) is 0.150. The molecule has 8 nitrogen and oxygen atoms in total. The van der Waals surface area contributed by atoms with Crippen molar-refractivity contribution >= 4 is 22.8 Å². The van der Waals surface area contributed by atoms with Gasteiger partial charge >= 0.3 is 6.03 Å². The zero-order valence-corrected chi connectivity index (χ0v) is 15.5. The second kappa shape index (κ2) is 8.72. The van der Waals surface area contributed by atoms with Crippen LogP contribution in [0.25, 0.3) is 10.9 Å². The van der Waals surface area contributed by atoms with Gasteiger partial charge in [0.2, 0.25) is 0 Å². The van der Waals surface area contributed by atoms with Gasteiger partial charge in [0.1, 0.15) is 5.69 Å². The Bertz CT molecular complexity index is 1010. The summed E-state index contributed by atoms with van der Waals surface area (Å²) in [4.78, 5) is 28.4. The van der Waals surface area contributed by atoms with Crippen molar-refractivity contribution < 1.29 is 19.1 Å². The van der Waals surface area contributed by atoms with Crippen molar-refractivity contribution in [1.82, 2.24) is 21.2 Å². The lowest BCUT2D eigenvalue weighted by atomic mass is 10.2. The Morgan fingerprint density at radius 1 is 0.929 bits per heavy atom. The van der Waals surface area contributed by atoms with Crippen LogP contribution < -0.4 is 25.6 Å². The van der Waals surface area contributed by atoms with Gasteiger partial charge in [-0.1, -0.05) is 30.3 Å². The molecule has 0 aliphatic carbocycles. The largest absolute Gasteiger partial charge is 0.493 e. The molecule has 3 aromatic rings. The van der Waals surface area contributed by atoms with Crippen LogP contribution in [0.4, 0.5) is 4.79 Å². The maximum Gasteiger partial charge on any atom is 0.333 e. The zero-order chi connectivity index (χ0) is 19.9. The SMILES string of the molecule is COc1ccc(CNC(=O)NNC(=O)c2ccc3ccccc3n2)cc1OC. The number of amides is 3. The van der Waals surface area contributed by atoms with Gasteiger partial charge in [0.15, 0.2) is 11.5 Å². The summed E-state index contributed by atoms with van der Waals surface area (Å²) in [7, 11) is 3.09. The summed E-state index contributed by atoms with van der Waals surface area (Å²) in [6.07, 6.45) is 0. The van der Waals surface area contributed by atoms with Gasteiger partial charge in [-0.25, -0.2) is 15.2 Å². The van der Waals surface area contributed by atoms with Crippen LogP contribution in [0.15, 0.2) is 54.6 Å². The van der Waals surface area contributed by atoms with Crippen LogP contribution >= 0.6 is 0 Å². The number of urea groups is 1. The zero-order valence-electron chi connectivity index (χ0n) is 15.5. The Hall–Kier alpha value is -3.81. The highest BCUT2D eigenvalue weighted by molar-refractivity contribution is 5.95. The third-order valence-corrected chi connectivity index (χ3v) is 4.02. The topological polar surface area (TPSA) is 102 Å². The van der Waals surface area contributed by atoms with E-state index in [0.29, 0.717) is 17.0 Å². The number of benzene rings is 2. The molecular weight excluding hydrogens is 360 g/mol. The molecule has 8 heteroatoms. The predicted molar refractivity (Wildman–Crippen MR) is 104 cm³/mol. The van der Waals surface area contributed by atoms with Crippen LogP contribution in [0, 0.1) is 0 Å². The molecule has 0 atom stereocenters. The smallest absolute Gasteiger partial charge is 0.333 e. The van der Waals surface area contributed by atoms with Crippen molar-refractivity contribution in [3.63, 3.8) is 0 Å². The number of methoxy groups -OCH3 is 2. The minimum absolute atomic E-state index is 0.207. The number of rotatable bonds is 5. The summed E-state index contributed by atoms with van der Waals surface area (Å²) in [6, 6.07) is 15.6. The van der Waals surface area contributed by atoms with Gasteiger partial charge < -0.3 is 14.8 Å². The average Bonchev–Trinajstić information content (AvgIpc) is 2.75. The average molecular weight is 380 g/mol. The number of ether oxygens (including phenoxy) is 2. The van der Waals surface area contributed by atoms with E-state index in [1.165, 1.54) is 7.11 Å². The lowest BCUT2D eigenvalue weighted by Crippen LogP contribution is -2.46. The van der Waals surface area contributed by atoms with Gasteiger partial charge in [0.05, 0.1) is 19.7 Å². The normalized spacial score (nSPS) is 10.2. The molecule has 1 aromatic heterocycles. The molecule has 0 radical (unpaired) electrons. The van der Waals surface area contributed by atoms with Gasteiger partial charge in [-0.2, -0.15) is 0 Å². The van der Waals surface area contributed by atoms with E-state index >= 15 is 0 Å². The first kappa shape index (κ1) is 19.0. The van der Waals surface area contributed by atoms with E-state index in [1.807, 2.05) is 24.3 Å².